The number of aldehydes is 1. The molecule has 0 saturated heterocycles. The Labute approximate surface area is 98.8 Å². The smallest absolute Gasteiger partial charge is 0.127 e. The van der Waals surface area contributed by atoms with Crippen LogP contribution in [0.25, 0.3) is 0 Å². The predicted octanol–water partition coefficient (Wildman–Crippen LogP) is 1.84. The van der Waals surface area contributed by atoms with E-state index in [4.69, 9.17) is 5.11 Å². The minimum Gasteiger partial charge on any atom is -0.396 e. The molecule has 0 aliphatic heterocycles. The van der Waals surface area contributed by atoms with Gasteiger partial charge in [0.15, 0.2) is 0 Å². The summed E-state index contributed by atoms with van der Waals surface area (Å²) in [5.41, 5.74) is -0.217. The van der Waals surface area contributed by atoms with Gasteiger partial charge in [-0.2, -0.15) is 0 Å². The van der Waals surface area contributed by atoms with E-state index in [9.17, 15) is 4.79 Å². The molecule has 0 aromatic carbocycles. The molecule has 1 aliphatic carbocycles. The van der Waals surface area contributed by atoms with Crippen LogP contribution in [-0.4, -0.2) is 42.0 Å². The predicted molar refractivity (Wildman–Crippen MR) is 65.4 cm³/mol. The molecule has 3 heteroatoms. The number of carbonyl (C=O) groups is 1. The van der Waals surface area contributed by atoms with Gasteiger partial charge in [-0.1, -0.05) is 20.3 Å². The molecule has 1 saturated carbocycles. The van der Waals surface area contributed by atoms with E-state index >= 15 is 0 Å². The highest BCUT2D eigenvalue weighted by Crippen LogP contribution is 2.29. The molecular weight excluding hydrogens is 202 g/mol. The van der Waals surface area contributed by atoms with Gasteiger partial charge in [0.2, 0.25) is 0 Å². The van der Waals surface area contributed by atoms with Crippen molar-refractivity contribution < 1.29 is 9.90 Å². The molecule has 0 amide bonds. The zero-order valence-electron chi connectivity index (χ0n) is 10.6. The molecule has 1 atom stereocenters. The zero-order valence-corrected chi connectivity index (χ0v) is 10.6. The Balaban J connectivity index is 2.50. The van der Waals surface area contributed by atoms with Crippen LogP contribution < -0.4 is 0 Å². The van der Waals surface area contributed by atoms with E-state index in [2.05, 4.69) is 11.8 Å². The summed E-state index contributed by atoms with van der Waals surface area (Å²) >= 11 is 0. The van der Waals surface area contributed by atoms with Crippen LogP contribution in [0.5, 0.6) is 0 Å². The molecule has 0 aromatic rings. The lowest BCUT2D eigenvalue weighted by atomic mass is 9.85. The van der Waals surface area contributed by atoms with Gasteiger partial charge in [-0.3, -0.25) is 4.90 Å². The van der Waals surface area contributed by atoms with Crippen molar-refractivity contribution in [1.82, 2.24) is 4.90 Å². The van der Waals surface area contributed by atoms with Crippen molar-refractivity contribution in [3.05, 3.63) is 0 Å². The third-order valence-electron chi connectivity index (χ3n) is 3.85. The fourth-order valence-corrected chi connectivity index (χ4v) is 2.11. The van der Waals surface area contributed by atoms with Crippen LogP contribution >= 0.6 is 0 Å². The van der Waals surface area contributed by atoms with Crippen molar-refractivity contribution in [2.45, 2.75) is 52.0 Å². The highest BCUT2D eigenvalue weighted by molar-refractivity contribution is 5.58. The SMILES string of the molecule is CCC(C)(C=O)CN(CCCO)C1CCC1. The fraction of sp³-hybridized carbons (Fsp3) is 0.923. The van der Waals surface area contributed by atoms with E-state index in [-0.39, 0.29) is 12.0 Å². The van der Waals surface area contributed by atoms with E-state index < -0.39 is 0 Å². The van der Waals surface area contributed by atoms with Gasteiger partial charge in [-0.25, -0.2) is 0 Å². The van der Waals surface area contributed by atoms with Gasteiger partial charge in [0.05, 0.1) is 0 Å². The Kier molecular flexibility index (Phi) is 5.42. The van der Waals surface area contributed by atoms with Gasteiger partial charge in [-0.05, 0) is 25.7 Å². The lowest BCUT2D eigenvalue weighted by Crippen LogP contribution is -2.46. The summed E-state index contributed by atoms with van der Waals surface area (Å²) in [6.45, 7) is 6.11. The van der Waals surface area contributed by atoms with Crippen molar-refractivity contribution >= 4 is 6.29 Å². The largest absolute Gasteiger partial charge is 0.396 e. The van der Waals surface area contributed by atoms with Crippen molar-refractivity contribution in [3.63, 3.8) is 0 Å². The third-order valence-corrected chi connectivity index (χ3v) is 3.85. The standard InChI is InChI=1S/C13H25NO2/c1-3-13(2,11-16)10-14(8-5-9-15)12-6-4-7-12/h11-12,15H,3-10H2,1-2H3. The normalized spacial score (nSPS) is 20.5. The Morgan fingerprint density at radius 1 is 1.50 bits per heavy atom. The molecule has 0 spiro atoms. The van der Waals surface area contributed by atoms with Gasteiger partial charge >= 0.3 is 0 Å². The number of rotatable bonds is 8. The van der Waals surface area contributed by atoms with Crippen LogP contribution in [0.4, 0.5) is 0 Å². The summed E-state index contributed by atoms with van der Waals surface area (Å²) in [5.74, 6) is 0. The van der Waals surface area contributed by atoms with Gasteiger partial charge in [-0.15, -0.1) is 0 Å². The molecule has 3 nitrogen and oxygen atoms in total. The van der Waals surface area contributed by atoms with Gasteiger partial charge < -0.3 is 9.90 Å². The first-order valence-electron chi connectivity index (χ1n) is 6.46. The molecule has 94 valence electrons. The minimum atomic E-state index is -0.217. The van der Waals surface area contributed by atoms with E-state index in [0.717, 1.165) is 32.2 Å². The number of nitrogens with zero attached hydrogens (tertiary/aromatic N) is 1. The quantitative estimate of drug-likeness (QED) is 0.643. The summed E-state index contributed by atoms with van der Waals surface area (Å²) in [7, 11) is 0. The van der Waals surface area contributed by atoms with E-state index in [1.54, 1.807) is 0 Å². The molecule has 16 heavy (non-hydrogen) atoms. The van der Waals surface area contributed by atoms with Crippen LogP contribution in [0, 0.1) is 5.41 Å². The number of aliphatic hydroxyl groups is 1. The highest BCUT2D eigenvalue weighted by Gasteiger charge is 2.31. The van der Waals surface area contributed by atoms with E-state index in [0.29, 0.717) is 6.04 Å². The highest BCUT2D eigenvalue weighted by atomic mass is 16.3. The molecule has 1 N–H and O–H groups in total. The van der Waals surface area contributed by atoms with Crippen molar-refractivity contribution in [1.29, 1.82) is 0 Å². The van der Waals surface area contributed by atoms with E-state index in [1.165, 1.54) is 19.3 Å². The molecule has 0 heterocycles. The molecule has 1 fully saturated rings. The maximum absolute atomic E-state index is 11.1. The van der Waals surface area contributed by atoms with Crippen molar-refractivity contribution in [3.8, 4) is 0 Å². The molecule has 0 aromatic heterocycles. The summed E-state index contributed by atoms with van der Waals surface area (Å²) in [4.78, 5) is 13.5. The van der Waals surface area contributed by atoms with Gasteiger partial charge in [0.1, 0.15) is 6.29 Å². The van der Waals surface area contributed by atoms with Crippen LogP contribution in [0.15, 0.2) is 0 Å². The zero-order chi connectivity index (χ0) is 12.0. The maximum Gasteiger partial charge on any atom is 0.127 e. The Hall–Kier alpha value is -0.410. The Morgan fingerprint density at radius 2 is 2.19 bits per heavy atom. The Morgan fingerprint density at radius 3 is 2.56 bits per heavy atom. The van der Waals surface area contributed by atoms with Crippen molar-refractivity contribution in [2.75, 3.05) is 19.7 Å². The van der Waals surface area contributed by atoms with Crippen LogP contribution in [0.3, 0.4) is 0 Å². The number of hydrogen-bond donors (Lipinski definition) is 1. The van der Waals surface area contributed by atoms with Crippen LogP contribution in [-0.2, 0) is 4.79 Å². The van der Waals surface area contributed by atoms with Gasteiger partial charge in [0.25, 0.3) is 0 Å². The minimum absolute atomic E-state index is 0.217. The summed E-state index contributed by atoms with van der Waals surface area (Å²) in [5, 5.41) is 8.90. The first kappa shape index (κ1) is 13.7. The molecule has 1 rings (SSSR count). The second kappa shape index (κ2) is 6.36. The number of carbonyl (C=O) groups excluding carboxylic acids is 1. The van der Waals surface area contributed by atoms with Crippen molar-refractivity contribution in [2.24, 2.45) is 5.41 Å². The monoisotopic (exact) mass is 227 g/mol. The first-order chi connectivity index (χ1) is 7.65. The van der Waals surface area contributed by atoms with Gasteiger partial charge in [0, 0.05) is 31.2 Å². The van der Waals surface area contributed by atoms with Crippen LogP contribution in [0.1, 0.15) is 46.0 Å². The topological polar surface area (TPSA) is 40.5 Å². The lowest BCUT2D eigenvalue weighted by Gasteiger charge is -2.41. The maximum atomic E-state index is 11.1. The molecule has 0 radical (unpaired) electrons. The Bertz CT molecular complexity index is 216. The first-order valence-corrected chi connectivity index (χ1v) is 6.46. The average Bonchev–Trinajstić information content (AvgIpc) is 2.23. The second-order valence-corrected chi connectivity index (χ2v) is 5.26. The molecular formula is C13H25NO2. The third kappa shape index (κ3) is 3.56. The summed E-state index contributed by atoms with van der Waals surface area (Å²) in [6, 6.07) is 0.650. The van der Waals surface area contributed by atoms with Crippen LogP contribution in [0.2, 0.25) is 0 Å². The van der Waals surface area contributed by atoms with E-state index in [1.807, 2.05) is 6.92 Å². The number of hydrogen-bond acceptors (Lipinski definition) is 3. The number of aliphatic hydroxyl groups excluding tert-OH is 1. The average molecular weight is 227 g/mol. The molecule has 1 unspecified atom stereocenters. The molecule has 1 aliphatic rings. The molecule has 0 bridgehead atoms. The fourth-order valence-electron chi connectivity index (χ4n) is 2.11. The lowest BCUT2D eigenvalue weighted by molar-refractivity contribution is -0.117. The second-order valence-electron chi connectivity index (χ2n) is 5.26. The summed E-state index contributed by atoms with van der Waals surface area (Å²) in [6.07, 6.45) is 6.62. The summed E-state index contributed by atoms with van der Waals surface area (Å²) < 4.78 is 0.